The molecule has 0 unspecified atom stereocenters. The van der Waals surface area contributed by atoms with Crippen LogP contribution in [0.1, 0.15) is 18.5 Å². The molecular weight excluding hydrogens is 124 g/mol. The Morgan fingerprint density at radius 3 is 2.90 bits per heavy atom. The summed E-state index contributed by atoms with van der Waals surface area (Å²) in [5.41, 5.74) is 1.14. The van der Waals surface area contributed by atoms with Crippen molar-refractivity contribution in [3.63, 3.8) is 0 Å². The van der Waals surface area contributed by atoms with Crippen LogP contribution < -0.4 is 0 Å². The zero-order chi connectivity index (χ0) is 6.81. The summed E-state index contributed by atoms with van der Waals surface area (Å²) in [5.74, 6) is 0.914. The molecular formula is C8H10N2. The molecule has 1 aromatic heterocycles. The minimum atomic E-state index is 0.914. The molecule has 1 aliphatic carbocycles. The quantitative estimate of drug-likeness (QED) is 0.611. The molecule has 52 valence electrons. The standard InChI is InChI=1S/C8H10N2/c1-2-7(1)5-8-6-9-3-4-10-8/h3-4,6-7H,1-2,5H2. The van der Waals surface area contributed by atoms with E-state index in [0.717, 1.165) is 18.0 Å². The molecule has 0 atom stereocenters. The van der Waals surface area contributed by atoms with Gasteiger partial charge in [0.2, 0.25) is 0 Å². The number of hydrogen-bond donors (Lipinski definition) is 0. The third-order valence-electron chi connectivity index (χ3n) is 1.81. The third kappa shape index (κ3) is 1.32. The molecule has 1 saturated carbocycles. The van der Waals surface area contributed by atoms with Crippen LogP contribution in [0.3, 0.4) is 0 Å². The Bertz CT molecular complexity index is 204. The molecule has 1 aliphatic rings. The first kappa shape index (κ1) is 5.83. The van der Waals surface area contributed by atoms with E-state index >= 15 is 0 Å². The molecule has 0 N–H and O–H groups in total. The van der Waals surface area contributed by atoms with Crippen molar-refractivity contribution in [2.24, 2.45) is 5.92 Å². The summed E-state index contributed by atoms with van der Waals surface area (Å²) < 4.78 is 0. The average Bonchev–Trinajstić information content (AvgIpc) is 2.74. The molecule has 0 aliphatic heterocycles. The lowest BCUT2D eigenvalue weighted by atomic mass is 10.2. The van der Waals surface area contributed by atoms with E-state index < -0.39 is 0 Å². The van der Waals surface area contributed by atoms with Crippen LogP contribution in [0.15, 0.2) is 18.6 Å². The average molecular weight is 134 g/mol. The highest BCUT2D eigenvalue weighted by atomic mass is 14.8. The van der Waals surface area contributed by atoms with Crippen LogP contribution in [0.2, 0.25) is 0 Å². The fourth-order valence-corrected chi connectivity index (χ4v) is 1.05. The molecule has 10 heavy (non-hydrogen) atoms. The molecule has 2 heteroatoms. The highest BCUT2D eigenvalue weighted by molar-refractivity contribution is 4.98. The summed E-state index contributed by atoms with van der Waals surface area (Å²) in [5, 5.41) is 0. The van der Waals surface area contributed by atoms with E-state index in [0.29, 0.717) is 0 Å². The SMILES string of the molecule is c1cnc(CC2CC2)cn1. The minimum Gasteiger partial charge on any atom is -0.261 e. The van der Waals surface area contributed by atoms with E-state index in [4.69, 9.17) is 0 Å². The fourth-order valence-electron chi connectivity index (χ4n) is 1.05. The maximum absolute atomic E-state index is 4.20. The number of rotatable bonds is 2. The molecule has 0 spiro atoms. The lowest BCUT2D eigenvalue weighted by Crippen LogP contribution is -1.90. The first-order valence-corrected chi connectivity index (χ1v) is 3.70. The van der Waals surface area contributed by atoms with E-state index in [1.807, 2.05) is 6.20 Å². The third-order valence-corrected chi connectivity index (χ3v) is 1.81. The van der Waals surface area contributed by atoms with E-state index in [9.17, 15) is 0 Å². The second kappa shape index (κ2) is 2.37. The van der Waals surface area contributed by atoms with Crippen LogP contribution in [0.25, 0.3) is 0 Å². The Kier molecular flexibility index (Phi) is 1.38. The van der Waals surface area contributed by atoms with Gasteiger partial charge in [-0.3, -0.25) is 9.97 Å². The van der Waals surface area contributed by atoms with Crippen molar-refractivity contribution in [3.8, 4) is 0 Å². The zero-order valence-corrected chi connectivity index (χ0v) is 5.83. The maximum atomic E-state index is 4.20. The summed E-state index contributed by atoms with van der Waals surface area (Å²) >= 11 is 0. The molecule has 0 aromatic carbocycles. The van der Waals surface area contributed by atoms with Crippen molar-refractivity contribution in [2.45, 2.75) is 19.3 Å². The fraction of sp³-hybridized carbons (Fsp3) is 0.500. The van der Waals surface area contributed by atoms with Gasteiger partial charge in [-0.25, -0.2) is 0 Å². The van der Waals surface area contributed by atoms with Crippen molar-refractivity contribution in [1.29, 1.82) is 0 Å². The van der Waals surface area contributed by atoms with Gasteiger partial charge in [0.1, 0.15) is 0 Å². The van der Waals surface area contributed by atoms with Gasteiger partial charge in [0, 0.05) is 18.6 Å². The second-order valence-corrected chi connectivity index (χ2v) is 2.84. The van der Waals surface area contributed by atoms with Gasteiger partial charge in [0.25, 0.3) is 0 Å². The lowest BCUT2D eigenvalue weighted by Gasteiger charge is -1.93. The number of hydrogen-bond acceptors (Lipinski definition) is 2. The van der Waals surface area contributed by atoms with Crippen LogP contribution in [-0.2, 0) is 6.42 Å². The van der Waals surface area contributed by atoms with E-state index in [1.54, 1.807) is 12.4 Å². The zero-order valence-electron chi connectivity index (χ0n) is 5.83. The van der Waals surface area contributed by atoms with Gasteiger partial charge in [0.15, 0.2) is 0 Å². The van der Waals surface area contributed by atoms with Gasteiger partial charge in [-0.1, -0.05) is 0 Å². The summed E-state index contributed by atoms with van der Waals surface area (Å²) in [7, 11) is 0. The summed E-state index contributed by atoms with van der Waals surface area (Å²) in [6.07, 6.45) is 9.24. The van der Waals surface area contributed by atoms with Crippen LogP contribution in [0, 0.1) is 5.92 Å². The molecule has 1 aromatic rings. The Balaban J connectivity index is 2.03. The summed E-state index contributed by atoms with van der Waals surface area (Å²) in [6, 6.07) is 0. The Morgan fingerprint density at radius 2 is 2.30 bits per heavy atom. The van der Waals surface area contributed by atoms with Gasteiger partial charge >= 0.3 is 0 Å². The van der Waals surface area contributed by atoms with Crippen LogP contribution in [0.4, 0.5) is 0 Å². The topological polar surface area (TPSA) is 25.8 Å². The predicted octanol–water partition coefficient (Wildman–Crippen LogP) is 1.43. The van der Waals surface area contributed by atoms with Crippen molar-refractivity contribution >= 4 is 0 Å². The molecule has 0 amide bonds. The van der Waals surface area contributed by atoms with Crippen LogP contribution >= 0.6 is 0 Å². The molecule has 2 nitrogen and oxygen atoms in total. The summed E-state index contributed by atoms with van der Waals surface area (Å²) in [6.45, 7) is 0. The molecule has 1 heterocycles. The van der Waals surface area contributed by atoms with Gasteiger partial charge in [-0.15, -0.1) is 0 Å². The summed E-state index contributed by atoms with van der Waals surface area (Å²) in [4.78, 5) is 8.20. The molecule has 0 radical (unpaired) electrons. The van der Waals surface area contributed by atoms with E-state index in [2.05, 4.69) is 9.97 Å². The normalized spacial score (nSPS) is 17.2. The highest BCUT2D eigenvalue weighted by Crippen LogP contribution is 2.31. The smallest absolute Gasteiger partial charge is 0.0589 e. The van der Waals surface area contributed by atoms with Gasteiger partial charge < -0.3 is 0 Å². The predicted molar refractivity (Wildman–Crippen MR) is 38.5 cm³/mol. The van der Waals surface area contributed by atoms with Gasteiger partial charge in [-0.05, 0) is 25.2 Å². The van der Waals surface area contributed by atoms with Crippen molar-refractivity contribution < 1.29 is 0 Å². The molecule has 2 rings (SSSR count). The molecule has 0 saturated heterocycles. The Morgan fingerprint density at radius 1 is 1.40 bits per heavy atom. The molecule has 1 fully saturated rings. The van der Waals surface area contributed by atoms with Crippen LogP contribution in [0.5, 0.6) is 0 Å². The van der Waals surface area contributed by atoms with Crippen molar-refractivity contribution in [1.82, 2.24) is 9.97 Å². The van der Waals surface area contributed by atoms with E-state index in [-0.39, 0.29) is 0 Å². The monoisotopic (exact) mass is 134 g/mol. The first-order valence-electron chi connectivity index (χ1n) is 3.70. The van der Waals surface area contributed by atoms with Gasteiger partial charge in [0.05, 0.1) is 5.69 Å². The second-order valence-electron chi connectivity index (χ2n) is 2.84. The van der Waals surface area contributed by atoms with E-state index in [1.165, 1.54) is 12.8 Å². The minimum absolute atomic E-state index is 0.914. The number of aromatic nitrogens is 2. The lowest BCUT2D eigenvalue weighted by molar-refractivity contribution is 0.797. The van der Waals surface area contributed by atoms with Crippen molar-refractivity contribution in [2.75, 3.05) is 0 Å². The first-order chi connectivity index (χ1) is 4.95. The van der Waals surface area contributed by atoms with Crippen LogP contribution in [-0.4, -0.2) is 9.97 Å². The number of nitrogens with zero attached hydrogens (tertiary/aromatic N) is 2. The van der Waals surface area contributed by atoms with Gasteiger partial charge in [-0.2, -0.15) is 0 Å². The largest absolute Gasteiger partial charge is 0.261 e. The maximum Gasteiger partial charge on any atom is 0.0589 e. The Hall–Kier alpha value is -0.920. The molecule has 0 bridgehead atoms. The van der Waals surface area contributed by atoms with Crippen molar-refractivity contribution in [3.05, 3.63) is 24.3 Å². The Labute approximate surface area is 60.3 Å². The highest BCUT2D eigenvalue weighted by Gasteiger charge is 2.21.